The van der Waals surface area contributed by atoms with Gasteiger partial charge in [0.1, 0.15) is 5.01 Å². The van der Waals surface area contributed by atoms with Crippen LogP contribution in [0.3, 0.4) is 0 Å². The Bertz CT molecular complexity index is 491. The lowest BCUT2D eigenvalue weighted by Crippen LogP contribution is -2.14. The molecule has 0 radical (unpaired) electrons. The van der Waals surface area contributed by atoms with Crippen molar-refractivity contribution in [3.8, 4) is 0 Å². The predicted octanol–water partition coefficient (Wildman–Crippen LogP) is 3.88. The molecular formula is C15H21N3OS. The van der Waals surface area contributed by atoms with Crippen LogP contribution in [0.4, 0.5) is 5.13 Å². The zero-order valence-electron chi connectivity index (χ0n) is 11.7. The Labute approximate surface area is 123 Å². The Morgan fingerprint density at radius 3 is 2.85 bits per heavy atom. The molecule has 1 saturated carbocycles. The summed E-state index contributed by atoms with van der Waals surface area (Å²) in [5.41, 5.74) is 0. The number of rotatable bonds is 4. The van der Waals surface area contributed by atoms with E-state index in [1.807, 2.05) is 0 Å². The van der Waals surface area contributed by atoms with Crippen LogP contribution in [0.2, 0.25) is 0 Å². The molecule has 2 aliphatic carbocycles. The number of allylic oxidation sites excluding steroid dienone is 2. The largest absolute Gasteiger partial charge is 0.301 e. The van der Waals surface area contributed by atoms with E-state index >= 15 is 0 Å². The van der Waals surface area contributed by atoms with Gasteiger partial charge >= 0.3 is 0 Å². The average molecular weight is 291 g/mol. The molecule has 1 heterocycles. The van der Waals surface area contributed by atoms with Gasteiger partial charge in [0.05, 0.1) is 0 Å². The maximum Gasteiger partial charge on any atom is 0.226 e. The van der Waals surface area contributed by atoms with Crippen LogP contribution >= 0.6 is 11.3 Å². The van der Waals surface area contributed by atoms with Crippen molar-refractivity contribution in [2.75, 3.05) is 5.32 Å². The Hall–Kier alpha value is -1.23. The van der Waals surface area contributed by atoms with Gasteiger partial charge in [0, 0.05) is 12.3 Å². The van der Waals surface area contributed by atoms with E-state index in [1.165, 1.54) is 32.1 Å². The molecule has 1 aromatic heterocycles. The van der Waals surface area contributed by atoms with E-state index in [9.17, 15) is 4.79 Å². The van der Waals surface area contributed by atoms with Crippen LogP contribution in [0.1, 0.15) is 62.3 Å². The van der Waals surface area contributed by atoms with Crippen molar-refractivity contribution in [3.63, 3.8) is 0 Å². The van der Waals surface area contributed by atoms with Gasteiger partial charge in [-0.1, -0.05) is 42.8 Å². The fourth-order valence-corrected chi connectivity index (χ4v) is 4.00. The average Bonchev–Trinajstić information content (AvgIpc) is 3.11. The summed E-state index contributed by atoms with van der Waals surface area (Å²) >= 11 is 1.55. The minimum atomic E-state index is 0.0629. The van der Waals surface area contributed by atoms with E-state index in [4.69, 9.17) is 0 Å². The van der Waals surface area contributed by atoms with Crippen molar-refractivity contribution in [2.45, 2.75) is 57.3 Å². The molecule has 0 saturated heterocycles. The number of nitrogens with one attached hydrogen (secondary N) is 1. The molecule has 3 rings (SSSR count). The Kier molecular flexibility index (Phi) is 4.45. The molecule has 0 aliphatic heterocycles. The lowest BCUT2D eigenvalue weighted by molar-refractivity contribution is -0.116. The smallest absolute Gasteiger partial charge is 0.226 e. The molecule has 1 unspecified atom stereocenters. The molecule has 0 spiro atoms. The molecule has 0 aromatic carbocycles. The summed E-state index contributed by atoms with van der Waals surface area (Å²) in [7, 11) is 0. The summed E-state index contributed by atoms with van der Waals surface area (Å²) in [4.78, 5) is 11.9. The van der Waals surface area contributed by atoms with Crippen molar-refractivity contribution in [3.05, 3.63) is 17.2 Å². The highest BCUT2D eigenvalue weighted by Crippen LogP contribution is 2.35. The van der Waals surface area contributed by atoms with Gasteiger partial charge in [-0.25, -0.2) is 0 Å². The van der Waals surface area contributed by atoms with E-state index < -0.39 is 0 Å². The second-order valence-electron chi connectivity index (χ2n) is 5.80. The molecule has 4 nitrogen and oxygen atoms in total. The van der Waals surface area contributed by atoms with Crippen LogP contribution < -0.4 is 5.32 Å². The Balaban J connectivity index is 1.53. The normalized spacial score (nSPS) is 23.1. The summed E-state index contributed by atoms with van der Waals surface area (Å²) in [6.07, 6.45) is 13.4. The third kappa shape index (κ3) is 3.45. The first-order valence-electron chi connectivity index (χ1n) is 7.61. The standard InChI is InChI=1S/C15H21N3OS/c19-13(10-11-6-4-5-7-11)16-15-18-17-14(20-15)12-8-2-1-3-9-12/h4,6,11-12H,1-3,5,7-10H2,(H,16,18,19). The number of aromatic nitrogens is 2. The van der Waals surface area contributed by atoms with Crippen molar-refractivity contribution in [1.82, 2.24) is 10.2 Å². The number of hydrogen-bond donors (Lipinski definition) is 1. The van der Waals surface area contributed by atoms with E-state index in [0.29, 0.717) is 23.4 Å². The van der Waals surface area contributed by atoms with Gasteiger partial charge in [-0.05, 0) is 31.6 Å². The molecule has 1 fully saturated rings. The molecule has 108 valence electrons. The quantitative estimate of drug-likeness (QED) is 0.856. The molecule has 1 aromatic rings. The molecule has 5 heteroatoms. The lowest BCUT2D eigenvalue weighted by atomic mass is 9.90. The predicted molar refractivity (Wildman–Crippen MR) is 80.8 cm³/mol. The number of carbonyl (C=O) groups is 1. The highest BCUT2D eigenvalue weighted by Gasteiger charge is 2.21. The maximum atomic E-state index is 11.9. The van der Waals surface area contributed by atoms with Gasteiger partial charge in [0.15, 0.2) is 0 Å². The van der Waals surface area contributed by atoms with E-state index in [2.05, 4.69) is 27.7 Å². The van der Waals surface area contributed by atoms with Gasteiger partial charge in [0.25, 0.3) is 0 Å². The number of amides is 1. The summed E-state index contributed by atoms with van der Waals surface area (Å²) in [5, 5.41) is 13.1. The first-order chi connectivity index (χ1) is 9.81. The zero-order valence-corrected chi connectivity index (χ0v) is 12.5. The monoisotopic (exact) mass is 291 g/mol. The molecule has 1 amide bonds. The molecule has 0 bridgehead atoms. The Morgan fingerprint density at radius 1 is 1.25 bits per heavy atom. The number of nitrogens with zero attached hydrogens (tertiary/aromatic N) is 2. The van der Waals surface area contributed by atoms with Crippen molar-refractivity contribution < 1.29 is 4.79 Å². The number of hydrogen-bond acceptors (Lipinski definition) is 4. The van der Waals surface area contributed by atoms with Crippen LogP contribution in [-0.4, -0.2) is 16.1 Å². The maximum absolute atomic E-state index is 11.9. The number of carbonyl (C=O) groups excluding carboxylic acids is 1. The van der Waals surface area contributed by atoms with E-state index in [1.54, 1.807) is 11.3 Å². The highest BCUT2D eigenvalue weighted by atomic mass is 32.1. The second kappa shape index (κ2) is 6.48. The first-order valence-corrected chi connectivity index (χ1v) is 8.43. The van der Waals surface area contributed by atoms with Gasteiger partial charge < -0.3 is 5.32 Å². The van der Waals surface area contributed by atoms with Gasteiger partial charge in [-0.3, -0.25) is 4.79 Å². The first kappa shape index (κ1) is 13.7. The topological polar surface area (TPSA) is 54.9 Å². The third-order valence-electron chi connectivity index (χ3n) is 4.20. The van der Waals surface area contributed by atoms with Gasteiger partial charge in [-0.15, -0.1) is 10.2 Å². The minimum Gasteiger partial charge on any atom is -0.301 e. The van der Waals surface area contributed by atoms with Gasteiger partial charge in [-0.2, -0.15) is 0 Å². The Morgan fingerprint density at radius 2 is 2.10 bits per heavy atom. The third-order valence-corrected chi connectivity index (χ3v) is 5.20. The minimum absolute atomic E-state index is 0.0629. The van der Waals surface area contributed by atoms with Crippen LogP contribution in [0, 0.1) is 5.92 Å². The fourth-order valence-electron chi connectivity index (χ4n) is 3.07. The highest BCUT2D eigenvalue weighted by molar-refractivity contribution is 7.15. The molecule has 20 heavy (non-hydrogen) atoms. The van der Waals surface area contributed by atoms with Crippen LogP contribution in [0.15, 0.2) is 12.2 Å². The van der Waals surface area contributed by atoms with Crippen molar-refractivity contribution in [2.24, 2.45) is 5.92 Å². The van der Waals surface area contributed by atoms with E-state index in [-0.39, 0.29) is 5.91 Å². The summed E-state index contributed by atoms with van der Waals surface area (Å²) < 4.78 is 0. The van der Waals surface area contributed by atoms with Crippen molar-refractivity contribution >= 4 is 22.4 Å². The van der Waals surface area contributed by atoms with Crippen LogP contribution in [0.5, 0.6) is 0 Å². The van der Waals surface area contributed by atoms with E-state index in [0.717, 1.165) is 17.8 Å². The lowest BCUT2D eigenvalue weighted by Gasteiger charge is -2.18. The van der Waals surface area contributed by atoms with Crippen molar-refractivity contribution in [1.29, 1.82) is 0 Å². The fraction of sp³-hybridized carbons (Fsp3) is 0.667. The summed E-state index contributed by atoms with van der Waals surface area (Å²) in [6, 6.07) is 0. The van der Waals surface area contributed by atoms with Crippen LogP contribution in [0.25, 0.3) is 0 Å². The molecule has 2 aliphatic rings. The summed E-state index contributed by atoms with van der Waals surface area (Å²) in [5.74, 6) is 1.03. The molecular weight excluding hydrogens is 270 g/mol. The van der Waals surface area contributed by atoms with Crippen LogP contribution in [-0.2, 0) is 4.79 Å². The number of anilines is 1. The zero-order chi connectivity index (χ0) is 13.8. The molecule has 1 atom stereocenters. The van der Waals surface area contributed by atoms with Gasteiger partial charge in [0.2, 0.25) is 11.0 Å². The summed E-state index contributed by atoms with van der Waals surface area (Å²) in [6.45, 7) is 0. The SMILES string of the molecule is O=C(CC1C=CCC1)Nc1nnc(C2CCCCC2)s1. The second-order valence-corrected chi connectivity index (χ2v) is 6.81. The molecule has 1 N–H and O–H groups in total.